The maximum atomic E-state index is 10.7. The molecule has 0 atom stereocenters. The highest BCUT2D eigenvalue weighted by atomic mass is 16.5. The van der Waals surface area contributed by atoms with E-state index in [1.54, 1.807) is 0 Å². The Morgan fingerprint density at radius 2 is 2.06 bits per heavy atom. The summed E-state index contributed by atoms with van der Waals surface area (Å²) in [7, 11) is 0. The minimum atomic E-state index is -1.08. The zero-order valence-corrected chi connectivity index (χ0v) is 8.51. The Bertz CT molecular complexity index is 448. The van der Waals surface area contributed by atoms with Crippen LogP contribution in [0.25, 0.3) is 6.08 Å². The first kappa shape index (κ1) is 11.8. The van der Waals surface area contributed by atoms with Gasteiger partial charge in [-0.1, -0.05) is 6.07 Å². The van der Waals surface area contributed by atoms with Gasteiger partial charge in [0.15, 0.2) is 11.5 Å². The lowest BCUT2D eigenvalue weighted by Gasteiger charge is -2.04. The average Bonchev–Trinajstić information content (AvgIpc) is 2.18. The number of phenolic OH excluding ortho intramolecular Hbond substituents is 1. The zero-order chi connectivity index (χ0) is 12.1. The van der Waals surface area contributed by atoms with Crippen molar-refractivity contribution in [2.24, 2.45) is 0 Å². The Morgan fingerprint density at radius 1 is 1.38 bits per heavy atom. The van der Waals surface area contributed by atoms with Gasteiger partial charge in [0.1, 0.15) is 0 Å². The fraction of sp³-hybridized carbons (Fsp3) is 0.0909. The fourth-order valence-electron chi connectivity index (χ4n) is 1.04. The van der Waals surface area contributed by atoms with Crippen LogP contribution in [0, 0.1) is 0 Å². The van der Waals surface area contributed by atoms with E-state index in [0.717, 1.165) is 6.08 Å². The highest BCUT2D eigenvalue weighted by Gasteiger charge is 2.05. The van der Waals surface area contributed by atoms with Crippen LogP contribution in [0.3, 0.4) is 0 Å². The third-order valence-corrected chi connectivity index (χ3v) is 1.66. The molecule has 0 saturated heterocycles. The summed E-state index contributed by atoms with van der Waals surface area (Å²) in [5.74, 6) is -1.82. The number of benzene rings is 1. The van der Waals surface area contributed by atoms with E-state index < -0.39 is 11.9 Å². The molecule has 2 N–H and O–H groups in total. The number of ether oxygens (including phenoxy) is 1. The van der Waals surface area contributed by atoms with Crippen LogP contribution < -0.4 is 4.74 Å². The molecule has 84 valence electrons. The van der Waals surface area contributed by atoms with Gasteiger partial charge in [0, 0.05) is 13.0 Å². The summed E-state index contributed by atoms with van der Waals surface area (Å²) in [5, 5.41) is 17.8. The van der Waals surface area contributed by atoms with E-state index >= 15 is 0 Å². The number of carboxylic acid groups (broad SMARTS) is 1. The molecule has 0 aliphatic rings. The molecular weight excluding hydrogens is 212 g/mol. The van der Waals surface area contributed by atoms with Crippen LogP contribution in [0.1, 0.15) is 12.5 Å². The SMILES string of the molecule is CC(=O)Oc1cc(/C=C/C(=O)O)ccc1O. The summed E-state index contributed by atoms with van der Waals surface area (Å²) in [6, 6.07) is 4.19. The first-order valence-electron chi connectivity index (χ1n) is 4.41. The van der Waals surface area contributed by atoms with E-state index in [-0.39, 0.29) is 11.5 Å². The topological polar surface area (TPSA) is 83.8 Å². The zero-order valence-electron chi connectivity index (χ0n) is 8.51. The first-order valence-corrected chi connectivity index (χ1v) is 4.41. The number of rotatable bonds is 3. The third-order valence-electron chi connectivity index (χ3n) is 1.66. The molecule has 0 heterocycles. The number of carbonyl (C=O) groups excluding carboxylic acids is 1. The molecule has 0 radical (unpaired) electrons. The lowest BCUT2D eigenvalue weighted by molar-refractivity contribution is -0.132. The van der Waals surface area contributed by atoms with E-state index in [0.29, 0.717) is 5.56 Å². The Kier molecular flexibility index (Phi) is 3.66. The van der Waals surface area contributed by atoms with Gasteiger partial charge in [0.25, 0.3) is 0 Å². The normalized spacial score (nSPS) is 10.3. The molecule has 0 spiro atoms. The molecule has 0 amide bonds. The first-order chi connectivity index (χ1) is 7.49. The second-order valence-corrected chi connectivity index (χ2v) is 2.99. The number of carbonyl (C=O) groups is 2. The maximum Gasteiger partial charge on any atom is 0.328 e. The number of aromatic hydroxyl groups is 1. The van der Waals surface area contributed by atoms with E-state index in [1.807, 2.05) is 0 Å². The largest absolute Gasteiger partial charge is 0.504 e. The van der Waals surface area contributed by atoms with Gasteiger partial charge in [-0.25, -0.2) is 4.79 Å². The molecule has 1 rings (SSSR count). The second kappa shape index (κ2) is 4.97. The van der Waals surface area contributed by atoms with E-state index in [4.69, 9.17) is 9.84 Å². The summed E-state index contributed by atoms with van der Waals surface area (Å²) < 4.78 is 4.72. The van der Waals surface area contributed by atoms with Gasteiger partial charge in [-0.05, 0) is 23.8 Å². The Morgan fingerprint density at radius 3 is 2.62 bits per heavy atom. The van der Waals surface area contributed by atoms with Crippen LogP contribution in [0.15, 0.2) is 24.3 Å². The van der Waals surface area contributed by atoms with Crippen LogP contribution >= 0.6 is 0 Å². The predicted octanol–water partition coefficient (Wildman–Crippen LogP) is 1.42. The summed E-state index contributed by atoms with van der Waals surface area (Å²) >= 11 is 0. The van der Waals surface area contributed by atoms with E-state index in [2.05, 4.69) is 0 Å². The summed E-state index contributed by atoms with van der Waals surface area (Å²) in [5.41, 5.74) is 0.511. The highest BCUT2D eigenvalue weighted by molar-refractivity contribution is 5.85. The maximum absolute atomic E-state index is 10.7. The summed E-state index contributed by atoms with van der Waals surface area (Å²) in [6.07, 6.45) is 2.28. The van der Waals surface area contributed by atoms with Crippen molar-refractivity contribution < 1.29 is 24.5 Å². The van der Waals surface area contributed by atoms with Gasteiger partial charge in [-0.15, -0.1) is 0 Å². The molecule has 1 aromatic carbocycles. The van der Waals surface area contributed by atoms with Crippen LogP contribution in [-0.2, 0) is 9.59 Å². The third kappa shape index (κ3) is 3.45. The second-order valence-electron chi connectivity index (χ2n) is 2.99. The Balaban J connectivity index is 2.97. The quantitative estimate of drug-likeness (QED) is 0.459. The number of hydrogen-bond acceptors (Lipinski definition) is 4. The van der Waals surface area contributed by atoms with Crippen molar-refractivity contribution >= 4 is 18.0 Å². The van der Waals surface area contributed by atoms with Gasteiger partial charge in [0.05, 0.1) is 0 Å². The van der Waals surface area contributed by atoms with Gasteiger partial charge in [0.2, 0.25) is 0 Å². The molecule has 0 aromatic heterocycles. The molecule has 0 unspecified atom stereocenters. The van der Waals surface area contributed by atoms with Gasteiger partial charge in [-0.2, -0.15) is 0 Å². The molecule has 1 aromatic rings. The van der Waals surface area contributed by atoms with Crippen molar-refractivity contribution in [2.45, 2.75) is 6.92 Å². The lowest BCUT2D eigenvalue weighted by atomic mass is 10.2. The number of hydrogen-bond donors (Lipinski definition) is 2. The molecule has 0 saturated carbocycles. The van der Waals surface area contributed by atoms with E-state index in [1.165, 1.54) is 31.2 Å². The minimum Gasteiger partial charge on any atom is -0.504 e. The Labute approximate surface area is 91.6 Å². The molecule has 0 aliphatic heterocycles. The molecule has 5 heteroatoms. The van der Waals surface area contributed by atoms with Crippen molar-refractivity contribution in [3.8, 4) is 11.5 Å². The van der Waals surface area contributed by atoms with Gasteiger partial charge >= 0.3 is 11.9 Å². The van der Waals surface area contributed by atoms with Crippen LogP contribution in [0.5, 0.6) is 11.5 Å². The lowest BCUT2D eigenvalue weighted by Crippen LogP contribution is -2.01. The average molecular weight is 222 g/mol. The molecule has 0 bridgehead atoms. The van der Waals surface area contributed by atoms with Crippen molar-refractivity contribution in [3.63, 3.8) is 0 Å². The Hall–Kier alpha value is -2.30. The number of phenols is 1. The molecule has 5 nitrogen and oxygen atoms in total. The number of carboxylic acids is 1. The van der Waals surface area contributed by atoms with Crippen LogP contribution in [0.2, 0.25) is 0 Å². The number of esters is 1. The number of aliphatic carboxylic acids is 1. The summed E-state index contributed by atoms with van der Waals surface area (Å²) in [4.78, 5) is 21.0. The fourth-order valence-corrected chi connectivity index (χ4v) is 1.04. The molecule has 0 aliphatic carbocycles. The molecule has 0 fully saturated rings. The predicted molar refractivity (Wildman–Crippen MR) is 56.1 cm³/mol. The molecular formula is C11H10O5. The van der Waals surface area contributed by atoms with Crippen molar-refractivity contribution in [3.05, 3.63) is 29.8 Å². The smallest absolute Gasteiger partial charge is 0.328 e. The minimum absolute atomic E-state index is 0.0000359. The van der Waals surface area contributed by atoms with Crippen LogP contribution in [-0.4, -0.2) is 22.2 Å². The highest BCUT2D eigenvalue weighted by Crippen LogP contribution is 2.27. The van der Waals surface area contributed by atoms with Crippen molar-refractivity contribution in [1.82, 2.24) is 0 Å². The van der Waals surface area contributed by atoms with Gasteiger partial charge in [-0.3, -0.25) is 4.79 Å². The summed E-state index contributed by atoms with van der Waals surface area (Å²) in [6.45, 7) is 1.21. The molecule has 16 heavy (non-hydrogen) atoms. The monoisotopic (exact) mass is 222 g/mol. The van der Waals surface area contributed by atoms with Crippen molar-refractivity contribution in [2.75, 3.05) is 0 Å². The van der Waals surface area contributed by atoms with E-state index in [9.17, 15) is 14.7 Å². The standard InChI is InChI=1S/C11H10O5/c1-7(12)16-10-6-8(2-4-9(10)13)3-5-11(14)15/h2-6,13H,1H3,(H,14,15)/b5-3+. The van der Waals surface area contributed by atoms with Crippen molar-refractivity contribution in [1.29, 1.82) is 0 Å². The van der Waals surface area contributed by atoms with Gasteiger partial charge < -0.3 is 14.9 Å². The van der Waals surface area contributed by atoms with Crippen LogP contribution in [0.4, 0.5) is 0 Å².